The van der Waals surface area contributed by atoms with E-state index in [1.165, 1.54) is 7.05 Å². The summed E-state index contributed by atoms with van der Waals surface area (Å²) in [5.74, 6) is -1.53. The number of rotatable bonds is 3. The SMILES string of the molecule is CNC(=O)C[C@@H](N)C(=O)O.Cl. The number of carboxylic acid groups (broad SMARTS) is 1. The highest BCUT2D eigenvalue weighted by molar-refractivity contribution is 5.85. The van der Waals surface area contributed by atoms with Crippen LogP contribution in [0.25, 0.3) is 0 Å². The molecule has 1 atom stereocenters. The van der Waals surface area contributed by atoms with Crippen molar-refractivity contribution in [1.82, 2.24) is 5.32 Å². The van der Waals surface area contributed by atoms with Gasteiger partial charge in [0.05, 0.1) is 6.42 Å². The zero-order chi connectivity index (χ0) is 8.15. The summed E-state index contributed by atoms with van der Waals surface area (Å²) >= 11 is 0. The number of carboxylic acids is 1. The number of amides is 1. The molecule has 0 aromatic rings. The summed E-state index contributed by atoms with van der Waals surface area (Å²) in [6.07, 6.45) is -0.175. The number of aliphatic carboxylic acids is 1. The van der Waals surface area contributed by atoms with E-state index < -0.39 is 12.0 Å². The van der Waals surface area contributed by atoms with Gasteiger partial charge in [-0.2, -0.15) is 0 Å². The van der Waals surface area contributed by atoms with Crippen molar-refractivity contribution in [2.24, 2.45) is 5.73 Å². The average molecular weight is 183 g/mol. The molecule has 66 valence electrons. The maximum Gasteiger partial charge on any atom is 0.321 e. The van der Waals surface area contributed by atoms with Crippen LogP contribution in [-0.2, 0) is 9.59 Å². The summed E-state index contributed by atoms with van der Waals surface area (Å²) in [6, 6.07) is -1.10. The molecule has 0 unspecified atom stereocenters. The van der Waals surface area contributed by atoms with Crippen LogP contribution in [0.4, 0.5) is 0 Å². The van der Waals surface area contributed by atoms with Crippen molar-refractivity contribution in [1.29, 1.82) is 0 Å². The first-order chi connectivity index (χ1) is 4.57. The van der Waals surface area contributed by atoms with Crippen molar-refractivity contribution in [3.05, 3.63) is 0 Å². The van der Waals surface area contributed by atoms with Gasteiger partial charge in [-0.1, -0.05) is 0 Å². The van der Waals surface area contributed by atoms with Gasteiger partial charge in [-0.05, 0) is 0 Å². The first-order valence-electron chi connectivity index (χ1n) is 2.77. The Balaban J connectivity index is 0. The Labute approximate surface area is 70.4 Å². The summed E-state index contributed by atoms with van der Waals surface area (Å²) < 4.78 is 0. The first-order valence-corrected chi connectivity index (χ1v) is 2.77. The van der Waals surface area contributed by atoms with Crippen LogP contribution in [0.3, 0.4) is 0 Å². The van der Waals surface area contributed by atoms with Crippen molar-refractivity contribution < 1.29 is 14.7 Å². The fraction of sp³-hybridized carbons (Fsp3) is 0.600. The van der Waals surface area contributed by atoms with Gasteiger partial charge in [0.2, 0.25) is 5.91 Å². The Morgan fingerprint density at radius 2 is 2.09 bits per heavy atom. The van der Waals surface area contributed by atoms with E-state index in [0.29, 0.717) is 0 Å². The Morgan fingerprint density at radius 3 is 2.36 bits per heavy atom. The van der Waals surface area contributed by atoms with Gasteiger partial charge in [0.25, 0.3) is 0 Å². The second-order valence-electron chi connectivity index (χ2n) is 1.82. The molecule has 0 radical (unpaired) electrons. The summed E-state index contributed by atoms with van der Waals surface area (Å²) in [6.45, 7) is 0. The molecular weight excluding hydrogens is 172 g/mol. The number of hydrogen-bond acceptors (Lipinski definition) is 3. The molecule has 6 heteroatoms. The molecule has 0 spiro atoms. The molecule has 0 fully saturated rings. The molecule has 0 bridgehead atoms. The van der Waals surface area contributed by atoms with Gasteiger partial charge < -0.3 is 16.2 Å². The number of nitrogens with one attached hydrogen (secondary N) is 1. The van der Waals surface area contributed by atoms with Gasteiger partial charge in [-0.3, -0.25) is 9.59 Å². The number of hydrogen-bond donors (Lipinski definition) is 3. The highest BCUT2D eigenvalue weighted by atomic mass is 35.5. The van der Waals surface area contributed by atoms with Crippen molar-refractivity contribution in [3.8, 4) is 0 Å². The molecule has 0 saturated carbocycles. The Hall–Kier alpha value is -0.810. The van der Waals surface area contributed by atoms with E-state index in [-0.39, 0.29) is 24.7 Å². The largest absolute Gasteiger partial charge is 0.480 e. The van der Waals surface area contributed by atoms with E-state index in [1.807, 2.05) is 0 Å². The highest BCUT2D eigenvalue weighted by Crippen LogP contribution is 1.86. The Morgan fingerprint density at radius 1 is 1.64 bits per heavy atom. The van der Waals surface area contributed by atoms with E-state index in [4.69, 9.17) is 10.8 Å². The lowest BCUT2D eigenvalue weighted by atomic mass is 10.2. The van der Waals surface area contributed by atoms with E-state index in [9.17, 15) is 9.59 Å². The van der Waals surface area contributed by atoms with Gasteiger partial charge in [-0.15, -0.1) is 12.4 Å². The normalized spacial score (nSPS) is 11.1. The second kappa shape index (κ2) is 5.94. The zero-order valence-corrected chi connectivity index (χ0v) is 6.85. The first kappa shape index (κ1) is 12.8. The van der Waals surface area contributed by atoms with Crippen molar-refractivity contribution >= 4 is 24.3 Å². The predicted octanol–water partition coefficient (Wildman–Crippen LogP) is -1.04. The molecular formula is C5H11ClN2O3. The molecule has 0 saturated heterocycles. The number of carbonyl (C=O) groups is 2. The van der Waals surface area contributed by atoms with Gasteiger partial charge in [0.1, 0.15) is 6.04 Å². The third-order valence-corrected chi connectivity index (χ3v) is 1.00. The standard InChI is InChI=1S/C5H10N2O3.ClH/c1-7-4(8)2-3(6)5(9)10;/h3H,2,6H2,1H3,(H,7,8)(H,9,10);1H/t3-;/m1./s1. The van der Waals surface area contributed by atoms with Crippen molar-refractivity contribution in [2.45, 2.75) is 12.5 Å². The predicted molar refractivity (Wildman–Crippen MR) is 41.5 cm³/mol. The molecule has 0 aliphatic rings. The maximum absolute atomic E-state index is 10.5. The third-order valence-electron chi connectivity index (χ3n) is 1.00. The molecule has 0 aliphatic heterocycles. The minimum Gasteiger partial charge on any atom is -0.480 e. The van der Waals surface area contributed by atoms with E-state index in [0.717, 1.165) is 0 Å². The lowest BCUT2D eigenvalue weighted by Gasteiger charge is -2.03. The van der Waals surface area contributed by atoms with Gasteiger partial charge in [-0.25, -0.2) is 0 Å². The summed E-state index contributed by atoms with van der Waals surface area (Å²) in [4.78, 5) is 20.5. The summed E-state index contributed by atoms with van der Waals surface area (Å²) in [7, 11) is 1.43. The quantitative estimate of drug-likeness (QED) is 0.520. The molecule has 0 heterocycles. The van der Waals surface area contributed by atoms with Crippen LogP contribution in [0, 0.1) is 0 Å². The lowest BCUT2D eigenvalue weighted by molar-refractivity contribution is -0.140. The van der Waals surface area contributed by atoms with Gasteiger partial charge >= 0.3 is 5.97 Å². The topological polar surface area (TPSA) is 92.4 Å². The minimum atomic E-state index is -1.16. The van der Waals surface area contributed by atoms with Crippen LogP contribution in [0.2, 0.25) is 0 Å². The van der Waals surface area contributed by atoms with Crippen molar-refractivity contribution in [3.63, 3.8) is 0 Å². The molecule has 0 aliphatic carbocycles. The van der Waals surface area contributed by atoms with Crippen LogP contribution >= 0.6 is 12.4 Å². The van der Waals surface area contributed by atoms with Crippen LogP contribution < -0.4 is 11.1 Å². The van der Waals surface area contributed by atoms with E-state index in [1.54, 1.807) is 0 Å². The highest BCUT2D eigenvalue weighted by Gasteiger charge is 2.14. The maximum atomic E-state index is 10.5. The van der Waals surface area contributed by atoms with Crippen LogP contribution in [0.1, 0.15) is 6.42 Å². The number of halogens is 1. The van der Waals surface area contributed by atoms with Crippen LogP contribution in [0.5, 0.6) is 0 Å². The molecule has 5 nitrogen and oxygen atoms in total. The smallest absolute Gasteiger partial charge is 0.321 e. The lowest BCUT2D eigenvalue weighted by Crippen LogP contribution is -2.35. The van der Waals surface area contributed by atoms with Gasteiger partial charge in [0.15, 0.2) is 0 Å². The molecule has 0 rings (SSSR count). The van der Waals surface area contributed by atoms with Crippen LogP contribution in [-0.4, -0.2) is 30.1 Å². The van der Waals surface area contributed by atoms with Crippen LogP contribution in [0.15, 0.2) is 0 Å². The van der Waals surface area contributed by atoms with E-state index in [2.05, 4.69) is 5.32 Å². The Bertz CT molecular complexity index is 151. The van der Waals surface area contributed by atoms with Crippen molar-refractivity contribution in [2.75, 3.05) is 7.05 Å². The molecule has 1 amide bonds. The molecule has 0 aromatic heterocycles. The fourth-order valence-electron chi connectivity index (χ4n) is 0.389. The minimum absolute atomic E-state index is 0. The van der Waals surface area contributed by atoms with E-state index >= 15 is 0 Å². The summed E-state index contributed by atoms with van der Waals surface area (Å²) in [5.41, 5.74) is 5.03. The van der Waals surface area contributed by atoms with Gasteiger partial charge in [0, 0.05) is 7.05 Å². The molecule has 0 aromatic carbocycles. The zero-order valence-electron chi connectivity index (χ0n) is 6.03. The fourth-order valence-corrected chi connectivity index (χ4v) is 0.389. The summed E-state index contributed by atoms with van der Waals surface area (Å²) in [5, 5.41) is 10.5. The molecule has 4 N–H and O–H groups in total. The number of nitrogens with two attached hydrogens (primary N) is 1. The molecule has 11 heavy (non-hydrogen) atoms. The Kier molecular flexibility index (Phi) is 6.92. The second-order valence-corrected chi connectivity index (χ2v) is 1.82. The average Bonchev–Trinajstić information content (AvgIpc) is 1.87. The monoisotopic (exact) mass is 182 g/mol. The third kappa shape index (κ3) is 5.63. The number of carbonyl (C=O) groups excluding carboxylic acids is 1.